The van der Waals surface area contributed by atoms with Gasteiger partial charge in [0.2, 0.25) is 0 Å². The summed E-state index contributed by atoms with van der Waals surface area (Å²) >= 11 is 3.45. The van der Waals surface area contributed by atoms with Gasteiger partial charge in [0.1, 0.15) is 0 Å². The summed E-state index contributed by atoms with van der Waals surface area (Å²) in [7, 11) is 0. The molecule has 1 aromatic carbocycles. The molecular weight excluding hydrogens is 248 g/mol. The van der Waals surface area contributed by atoms with Crippen LogP contribution in [-0.2, 0) is 0 Å². The smallest absolute Gasteiger partial charge is 0.0175 e. The fourth-order valence-corrected chi connectivity index (χ4v) is 1.98. The van der Waals surface area contributed by atoms with Crippen molar-refractivity contribution in [3.63, 3.8) is 0 Å². The fourth-order valence-electron chi connectivity index (χ4n) is 1.72. The molecule has 0 aliphatic rings. The van der Waals surface area contributed by atoms with Crippen molar-refractivity contribution in [1.29, 1.82) is 0 Å². The standard InChI is InChI=1S/C14H20Br/c1-3-4-5-6-7-12(2)13-8-10-14(15)11-9-13/h8-12H,2-7H2,1H3. The molecular formula is C14H20Br. The molecule has 1 rings (SSSR count). The molecule has 15 heavy (non-hydrogen) atoms. The van der Waals surface area contributed by atoms with Gasteiger partial charge < -0.3 is 0 Å². The molecule has 0 N–H and O–H groups in total. The van der Waals surface area contributed by atoms with E-state index in [4.69, 9.17) is 0 Å². The summed E-state index contributed by atoms with van der Waals surface area (Å²) < 4.78 is 1.14. The molecule has 1 atom stereocenters. The molecule has 0 aliphatic heterocycles. The van der Waals surface area contributed by atoms with E-state index in [9.17, 15) is 0 Å². The highest BCUT2D eigenvalue weighted by Crippen LogP contribution is 2.23. The molecule has 1 radical (unpaired) electrons. The topological polar surface area (TPSA) is 0 Å². The molecule has 1 unspecified atom stereocenters. The number of rotatable bonds is 6. The van der Waals surface area contributed by atoms with Gasteiger partial charge in [-0.05, 0) is 37.0 Å². The summed E-state index contributed by atoms with van der Waals surface area (Å²) in [6, 6.07) is 8.53. The maximum Gasteiger partial charge on any atom is 0.0175 e. The lowest BCUT2D eigenvalue weighted by Gasteiger charge is -2.11. The molecule has 0 saturated heterocycles. The molecule has 0 nitrogen and oxygen atoms in total. The third-order valence-electron chi connectivity index (χ3n) is 2.75. The summed E-state index contributed by atoms with van der Waals surface area (Å²) in [5, 5.41) is 0. The van der Waals surface area contributed by atoms with Crippen LogP contribution in [0.25, 0.3) is 0 Å². The van der Waals surface area contributed by atoms with E-state index in [-0.39, 0.29) is 0 Å². The van der Waals surface area contributed by atoms with E-state index in [1.54, 1.807) is 0 Å². The lowest BCUT2D eigenvalue weighted by molar-refractivity contribution is 0.602. The van der Waals surface area contributed by atoms with E-state index in [2.05, 4.69) is 54.0 Å². The van der Waals surface area contributed by atoms with E-state index in [0.717, 1.165) is 4.47 Å². The second kappa shape index (κ2) is 7.05. The molecule has 0 saturated carbocycles. The molecule has 1 heteroatoms. The van der Waals surface area contributed by atoms with Crippen molar-refractivity contribution in [2.24, 2.45) is 0 Å². The minimum absolute atomic E-state index is 0.454. The highest BCUT2D eigenvalue weighted by molar-refractivity contribution is 9.10. The van der Waals surface area contributed by atoms with E-state index in [0.29, 0.717) is 5.92 Å². The number of benzene rings is 1. The van der Waals surface area contributed by atoms with Gasteiger partial charge in [-0.1, -0.05) is 60.7 Å². The molecule has 1 aromatic rings. The van der Waals surface area contributed by atoms with E-state index in [1.165, 1.54) is 37.7 Å². The SMILES string of the molecule is [CH2]C(CCCCCC)c1ccc(Br)cc1. The number of unbranched alkanes of at least 4 members (excludes halogenated alkanes) is 3. The normalized spacial score (nSPS) is 12.7. The third kappa shape index (κ3) is 4.83. The average molecular weight is 268 g/mol. The summed E-state index contributed by atoms with van der Waals surface area (Å²) in [5.41, 5.74) is 1.36. The quantitative estimate of drug-likeness (QED) is 0.611. The third-order valence-corrected chi connectivity index (χ3v) is 3.28. The Bertz CT molecular complexity index is 263. The van der Waals surface area contributed by atoms with E-state index in [1.807, 2.05) is 0 Å². The van der Waals surface area contributed by atoms with Crippen molar-refractivity contribution < 1.29 is 0 Å². The van der Waals surface area contributed by atoms with Crippen molar-refractivity contribution in [3.05, 3.63) is 41.2 Å². The Hall–Kier alpha value is -0.300. The average Bonchev–Trinajstić information content (AvgIpc) is 2.25. The summed E-state index contributed by atoms with van der Waals surface area (Å²) in [6.07, 6.45) is 6.52. The number of hydrogen-bond acceptors (Lipinski definition) is 0. The van der Waals surface area contributed by atoms with Crippen LogP contribution in [0.3, 0.4) is 0 Å². The minimum Gasteiger partial charge on any atom is -0.0654 e. The van der Waals surface area contributed by atoms with Crippen LogP contribution in [0.5, 0.6) is 0 Å². The van der Waals surface area contributed by atoms with Gasteiger partial charge in [0.15, 0.2) is 0 Å². The highest BCUT2D eigenvalue weighted by atomic mass is 79.9. The van der Waals surface area contributed by atoms with Gasteiger partial charge in [0.05, 0.1) is 0 Å². The Kier molecular flexibility index (Phi) is 6.00. The molecule has 0 fully saturated rings. The Balaban J connectivity index is 2.33. The Morgan fingerprint density at radius 2 is 1.80 bits per heavy atom. The monoisotopic (exact) mass is 267 g/mol. The minimum atomic E-state index is 0.454. The maximum absolute atomic E-state index is 4.22. The molecule has 0 spiro atoms. The van der Waals surface area contributed by atoms with Crippen LogP contribution in [0.15, 0.2) is 28.7 Å². The molecule has 0 bridgehead atoms. The first-order chi connectivity index (χ1) is 7.24. The zero-order valence-corrected chi connectivity index (χ0v) is 11.1. The van der Waals surface area contributed by atoms with Crippen LogP contribution in [0.2, 0.25) is 0 Å². The highest BCUT2D eigenvalue weighted by Gasteiger charge is 2.04. The maximum atomic E-state index is 4.22. The zero-order chi connectivity index (χ0) is 11.1. The van der Waals surface area contributed by atoms with E-state index < -0.39 is 0 Å². The van der Waals surface area contributed by atoms with Gasteiger partial charge in [0.25, 0.3) is 0 Å². The van der Waals surface area contributed by atoms with Gasteiger partial charge in [-0.2, -0.15) is 0 Å². The summed E-state index contributed by atoms with van der Waals surface area (Å²) in [4.78, 5) is 0. The number of hydrogen-bond donors (Lipinski definition) is 0. The van der Waals surface area contributed by atoms with Crippen molar-refractivity contribution in [2.45, 2.75) is 44.9 Å². The van der Waals surface area contributed by atoms with Crippen molar-refractivity contribution in [3.8, 4) is 0 Å². The first-order valence-electron chi connectivity index (χ1n) is 5.82. The van der Waals surface area contributed by atoms with Crippen LogP contribution in [0, 0.1) is 6.92 Å². The van der Waals surface area contributed by atoms with Crippen LogP contribution < -0.4 is 0 Å². The largest absolute Gasteiger partial charge is 0.0654 e. The molecule has 0 amide bonds. The Morgan fingerprint density at radius 1 is 1.13 bits per heavy atom. The second-order valence-electron chi connectivity index (χ2n) is 4.10. The van der Waals surface area contributed by atoms with Crippen LogP contribution in [0.1, 0.15) is 50.5 Å². The molecule has 0 aromatic heterocycles. The van der Waals surface area contributed by atoms with Gasteiger partial charge >= 0.3 is 0 Å². The van der Waals surface area contributed by atoms with Gasteiger partial charge in [-0.3, -0.25) is 0 Å². The second-order valence-corrected chi connectivity index (χ2v) is 5.01. The first-order valence-corrected chi connectivity index (χ1v) is 6.62. The van der Waals surface area contributed by atoms with Crippen LogP contribution in [-0.4, -0.2) is 0 Å². The zero-order valence-electron chi connectivity index (χ0n) is 9.51. The van der Waals surface area contributed by atoms with Crippen molar-refractivity contribution in [2.75, 3.05) is 0 Å². The Morgan fingerprint density at radius 3 is 2.40 bits per heavy atom. The molecule has 83 valence electrons. The summed E-state index contributed by atoms with van der Waals surface area (Å²) in [6.45, 7) is 6.47. The molecule has 0 aliphatic carbocycles. The fraction of sp³-hybridized carbons (Fsp3) is 0.500. The first kappa shape index (κ1) is 12.8. The van der Waals surface area contributed by atoms with Crippen molar-refractivity contribution >= 4 is 15.9 Å². The molecule has 0 heterocycles. The lowest BCUT2D eigenvalue weighted by Crippen LogP contribution is -1.93. The van der Waals surface area contributed by atoms with Crippen LogP contribution >= 0.6 is 15.9 Å². The van der Waals surface area contributed by atoms with Crippen molar-refractivity contribution in [1.82, 2.24) is 0 Å². The van der Waals surface area contributed by atoms with Gasteiger partial charge in [-0.25, -0.2) is 0 Å². The lowest BCUT2D eigenvalue weighted by atomic mass is 9.95. The number of halogens is 1. The predicted molar refractivity (Wildman–Crippen MR) is 71.0 cm³/mol. The van der Waals surface area contributed by atoms with Gasteiger partial charge in [0, 0.05) is 4.47 Å². The van der Waals surface area contributed by atoms with Crippen LogP contribution in [0.4, 0.5) is 0 Å². The Labute approximate surface area is 102 Å². The van der Waals surface area contributed by atoms with E-state index >= 15 is 0 Å². The predicted octanol–water partition coefficient (Wildman–Crippen LogP) is 5.34. The van der Waals surface area contributed by atoms with Gasteiger partial charge in [-0.15, -0.1) is 0 Å². The summed E-state index contributed by atoms with van der Waals surface area (Å²) in [5.74, 6) is 0.454.